The van der Waals surface area contributed by atoms with Crippen LogP contribution in [0.15, 0.2) is 24.3 Å². The third kappa shape index (κ3) is 4.11. The molecule has 0 atom stereocenters. The highest BCUT2D eigenvalue weighted by atomic mass is 16.3. The van der Waals surface area contributed by atoms with Crippen LogP contribution in [0.5, 0.6) is 11.5 Å². The van der Waals surface area contributed by atoms with Crippen LogP contribution in [0.2, 0.25) is 0 Å². The van der Waals surface area contributed by atoms with Crippen molar-refractivity contribution in [2.45, 2.75) is 109 Å². The summed E-state index contributed by atoms with van der Waals surface area (Å²) in [5, 5.41) is 22.8. The van der Waals surface area contributed by atoms with E-state index in [-0.39, 0.29) is 10.8 Å². The van der Waals surface area contributed by atoms with E-state index in [0.717, 1.165) is 59.1 Å². The fourth-order valence-electron chi connectivity index (χ4n) is 6.27. The molecule has 0 aliphatic heterocycles. The summed E-state index contributed by atoms with van der Waals surface area (Å²) in [5.74, 6) is 0.912. The zero-order valence-electron chi connectivity index (χ0n) is 20.0. The minimum Gasteiger partial charge on any atom is -0.507 e. The number of benzene rings is 2. The maximum atomic E-state index is 11.4. The standard InChI is InChI=1S/C29H40O2/c1-20-11-13-24(28(3)15-7-5-8-16-28)26(30)22(20)19-23-21(2)12-14-25(27(23)31)29(4)17-9-6-10-18-29/h11-14,30-31H,5-10,15-19H2,1-4H3. The van der Waals surface area contributed by atoms with Crippen molar-refractivity contribution >= 4 is 0 Å². The number of hydrogen-bond acceptors (Lipinski definition) is 2. The fraction of sp³-hybridized carbons (Fsp3) is 0.586. The van der Waals surface area contributed by atoms with Gasteiger partial charge in [-0.15, -0.1) is 0 Å². The van der Waals surface area contributed by atoms with Gasteiger partial charge in [0.1, 0.15) is 11.5 Å². The average Bonchev–Trinajstić information content (AvgIpc) is 2.73. The van der Waals surface area contributed by atoms with Crippen molar-refractivity contribution in [1.29, 1.82) is 0 Å². The summed E-state index contributed by atoms with van der Waals surface area (Å²) in [4.78, 5) is 0. The Morgan fingerprint density at radius 1 is 0.613 bits per heavy atom. The molecule has 0 amide bonds. The first-order valence-electron chi connectivity index (χ1n) is 12.4. The van der Waals surface area contributed by atoms with Crippen molar-refractivity contribution in [3.05, 3.63) is 57.6 Å². The van der Waals surface area contributed by atoms with Crippen molar-refractivity contribution in [1.82, 2.24) is 0 Å². The summed E-state index contributed by atoms with van der Waals surface area (Å²) in [6.07, 6.45) is 12.7. The van der Waals surface area contributed by atoms with Crippen LogP contribution >= 0.6 is 0 Å². The van der Waals surface area contributed by atoms with Crippen molar-refractivity contribution in [3.8, 4) is 11.5 Å². The van der Waals surface area contributed by atoms with E-state index in [1.807, 2.05) is 0 Å². The number of aryl methyl sites for hydroxylation is 2. The quantitative estimate of drug-likeness (QED) is 0.531. The summed E-state index contributed by atoms with van der Waals surface area (Å²) in [6.45, 7) is 8.79. The Hall–Kier alpha value is -1.96. The molecule has 2 aromatic rings. The van der Waals surface area contributed by atoms with Crippen LogP contribution in [0.4, 0.5) is 0 Å². The Bertz CT molecular complexity index is 866. The Morgan fingerprint density at radius 2 is 0.968 bits per heavy atom. The first-order valence-corrected chi connectivity index (χ1v) is 12.4. The van der Waals surface area contributed by atoms with E-state index in [2.05, 4.69) is 52.0 Å². The maximum absolute atomic E-state index is 11.4. The molecule has 0 bridgehead atoms. The molecule has 2 saturated carbocycles. The Morgan fingerprint density at radius 3 is 1.32 bits per heavy atom. The van der Waals surface area contributed by atoms with Gasteiger partial charge in [-0.05, 0) is 61.5 Å². The van der Waals surface area contributed by atoms with Crippen molar-refractivity contribution in [3.63, 3.8) is 0 Å². The highest BCUT2D eigenvalue weighted by molar-refractivity contribution is 5.55. The summed E-state index contributed by atoms with van der Waals surface area (Å²) < 4.78 is 0. The van der Waals surface area contributed by atoms with Crippen LogP contribution in [-0.2, 0) is 17.3 Å². The molecule has 31 heavy (non-hydrogen) atoms. The molecule has 0 spiro atoms. The topological polar surface area (TPSA) is 40.5 Å². The highest BCUT2D eigenvalue weighted by Gasteiger charge is 2.34. The van der Waals surface area contributed by atoms with Crippen LogP contribution in [0.3, 0.4) is 0 Å². The molecule has 2 heteroatoms. The smallest absolute Gasteiger partial charge is 0.123 e. The molecule has 0 unspecified atom stereocenters. The predicted octanol–water partition coefficient (Wildman–Crippen LogP) is 7.75. The lowest BCUT2D eigenvalue weighted by Gasteiger charge is -2.36. The summed E-state index contributed by atoms with van der Waals surface area (Å²) in [7, 11) is 0. The molecule has 168 valence electrons. The Kier molecular flexibility index (Phi) is 6.12. The fourth-order valence-corrected chi connectivity index (χ4v) is 6.27. The molecule has 2 aromatic carbocycles. The molecule has 2 aliphatic carbocycles. The number of phenolic OH excluding ortho intramolecular Hbond substituents is 2. The van der Waals surface area contributed by atoms with Gasteiger partial charge in [0.25, 0.3) is 0 Å². The van der Waals surface area contributed by atoms with E-state index < -0.39 is 0 Å². The summed E-state index contributed by atoms with van der Waals surface area (Å²) in [6, 6.07) is 8.63. The lowest BCUT2D eigenvalue weighted by molar-refractivity contribution is 0.306. The SMILES string of the molecule is Cc1ccc(C2(C)CCCCC2)c(O)c1Cc1c(C)ccc(C2(C)CCCCC2)c1O. The number of aromatic hydroxyl groups is 2. The lowest BCUT2D eigenvalue weighted by Crippen LogP contribution is -2.26. The summed E-state index contributed by atoms with van der Waals surface area (Å²) >= 11 is 0. The second-order valence-corrected chi connectivity index (χ2v) is 10.9. The molecular weight excluding hydrogens is 380 g/mol. The van der Waals surface area contributed by atoms with Crippen LogP contribution in [0.25, 0.3) is 0 Å². The minimum absolute atomic E-state index is 0.0549. The highest BCUT2D eigenvalue weighted by Crippen LogP contribution is 2.47. The van der Waals surface area contributed by atoms with Crippen LogP contribution in [0, 0.1) is 13.8 Å². The monoisotopic (exact) mass is 420 g/mol. The van der Waals surface area contributed by atoms with E-state index >= 15 is 0 Å². The second-order valence-electron chi connectivity index (χ2n) is 10.9. The van der Waals surface area contributed by atoms with Gasteiger partial charge < -0.3 is 10.2 Å². The molecule has 2 fully saturated rings. The molecule has 2 nitrogen and oxygen atoms in total. The van der Waals surface area contributed by atoms with Gasteiger partial charge >= 0.3 is 0 Å². The first kappa shape index (κ1) is 22.2. The minimum atomic E-state index is 0.0549. The molecule has 4 rings (SSSR count). The number of hydrogen-bond donors (Lipinski definition) is 2. The van der Waals surface area contributed by atoms with E-state index in [1.165, 1.54) is 38.5 Å². The van der Waals surface area contributed by atoms with E-state index in [1.54, 1.807) is 0 Å². The van der Waals surface area contributed by atoms with E-state index in [9.17, 15) is 10.2 Å². The first-order chi connectivity index (χ1) is 14.8. The third-order valence-corrected chi connectivity index (χ3v) is 8.60. The zero-order chi connectivity index (χ0) is 22.2. The predicted molar refractivity (Wildman–Crippen MR) is 129 cm³/mol. The van der Waals surface area contributed by atoms with E-state index in [4.69, 9.17) is 0 Å². The normalized spacial score (nSPS) is 20.5. The molecular formula is C29H40O2. The third-order valence-electron chi connectivity index (χ3n) is 8.60. The molecule has 0 heterocycles. The van der Waals surface area contributed by atoms with Crippen LogP contribution < -0.4 is 0 Å². The molecule has 0 saturated heterocycles. The summed E-state index contributed by atoms with van der Waals surface area (Å²) in [5.41, 5.74) is 6.48. The number of rotatable bonds is 4. The molecule has 2 aliphatic rings. The van der Waals surface area contributed by atoms with Gasteiger partial charge in [0, 0.05) is 28.7 Å². The van der Waals surface area contributed by atoms with Gasteiger partial charge in [-0.25, -0.2) is 0 Å². The molecule has 2 N–H and O–H groups in total. The molecule has 0 aromatic heterocycles. The lowest BCUT2D eigenvalue weighted by atomic mass is 9.69. The average molecular weight is 421 g/mol. The van der Waals surface area contributed by atoms with Crippen LogP contribution in [0.1, 0.15) is 111 Å². The van der Waals surface area contributed by atoms with Gasteiger partial charge in [-0.1, -0.05) is 76.6 Å². The van der Waals surface area contributed by atoms with Gasteiger partial charge in [0.2, 0.25) is 0 Å². The van der Waals surface area contributed by atoms with Crippen molar-refractivity contribution in [2.24, 2.45) is 0 Å². The maximum Gasteiger partial charge on any atom is 0.123 e. The number of phenols is 2. The van der Waals surface area contributed by atoms with Gasteiger partial charge in [0.15, 0.2) is 0 Å². The van der Waals surface area contributed by atoms with Crippen molar-refractivity contribution in [2.75, 3.05) is 0 Å². The van der Waals surface area contributed by atoms with Gasteiger partial charge in [-0.2, -0.15) is 0 Å². The zero-order valence-corrected chi connectivity index (χ0v) is 20.0. The largest absolute Gasteiger partial charge is 0.507 e. The Balaban J connectivity index is 1.74. The van der Waals surface area contributed by atoms with Crippen molar-refractivity contribution < 1.29 is 10.2 Å². The van der Waals surface area contributed by atoms with Gasteiger partial charge in [0.05, 0.1) is 0 Å². The van der Waals surface area contributed by atoms with Crippen LogP contribution in [-0.4, -0.2) is 10.2 Å². The van der Waals surface area contributed by atoms with Gasteiger partial charge in [-0.3, -0.25) is 0 Å². The van der Waals surface area contributed by atoms with E-state index in [0.29, 0.717) is 17.9 Å². The Labute approximate surface area is 188 Å². The second kappa shape index (κ2) is 8.52. The molecule has 0 radical (unpaired) electrons.